The van der Waals surface area contributed by atoms with Crippen LogP contribution in [0.1, 0.15) is 296 Å². The number of unbranched alkanes of at least 4 members (excludes halogenated alkanes) is 33. The SMILES string of the molecule is CC/C=C\C/C=C\C/C=C\C/C=C\C/C=C\CCCCCCCCCC(=O)OC(COC(=O)CCCCCCCCCCCCCCCCCCCCCCC/C=C\C/C=C\CCCCCCC)COP(=O)(O)OCC[N+](C)(C)C. The number of rotatable bonds is 61. The highest BCUT2D eigenvalue weighted by molar-refractivity contribution is 7.47. The Bertz CT molecular complexity index is 1630. The molecule has 2 atom stereocenters. The maximum atomic E-state index is 12.8. The number of hydrogen-bond donors (Lipinski definition) is 1. The number of carbonyl (C=O) groups excluding carboxylic acids is 2. The first kappa shape index (κ1) is 77.2. The van der Waals surface area contributed by atoms with E-state index < -0.39 is 26.5 Å². The molecule has 0 saturated heterocycles. The second-order valence-electron chi connectivity index (χ2n) is 23.5. The van der Waals surface area contributed by atoms with Gasteiger partial charge in [0.2, 0.25) is 0 Å². The van der Waals surface area contributed by atoms with E-state index in [1.54, 1.807) is 0 Å². The van der Waals surface area contributed by atoms with Gasteiger partial charge in [-0.05, 0) is 89.9 Å². The molecule has 0 bridgehead atoms. The highest BCUT2D eigenvalue weighted by Crippen LogP contribution is 2.43. The van der Waals surface area contributed by atoms with Crippen molar-refractivity contribution < 1.29 is 42.1 Å². The fourth-order valence-electron chi connectivity index (χ4n) is 9.31. The number of allylic oxidation sites excluding steroid dienone is 14. The van der Waals surface area contributed by atoms with Gasteiger partial charge in [0, 0.05) is 12.8 Å². The molecule has 0 aliphatic carbocycles. The third-order valence-corrected chi connectivity index (χ3v) is 15.4. The van der Waals surface area contributed by atoms with Crippen molar-refractivity contribution >= 4 is 19.8 Å². The number of carbonyl (C=O) groups is 2. The number of esters is 2. The van der Waals surface area contributed by atoms with Crippen LogP contribution >= 0.6 is 7.82 Å². The lowest BCUT2D eigenvalue weighted by molar-refractivity contribution is -0.870. The molecule has 0 rings (SSSR count). The summed E-state index contributed by atoms with van der Waals surface area (Å²) in [5.41, 5.74) is 0. The molecule has 10 heteroatoms. The Labute approximate surface area is 494 Å². The predicted molar refractivity (Wildman–Crippen MR) is 344 cm³/mol. The van der Waals surface area contributed by atoms with Gasteiger partial charge in [-0.25, -0.2) is 4.57 Å². The van der Waals surface area contributed by atoms with Gasteiger partial charge in [-0.1, -0.05) is 279 Å². The van der Waals surface area contributed by atoms with E-state index in [4.69, 9.17) is 18.5 Å². The van der Waals surface area contributed by atoms with Crippen LogP contribution in [0, 0.1) is 0 Å². The lowest BCUT2D eigenvalue weighted by Gasteiger charge is -2.24. The average Bonchev–Trinajstić information content (AvgIpc) is 3.42. The van der Waals surface area contributed by atoms with Crippen LogP contribution in [0.15, 0.2) is 85.1 Å². The normalized spacial score (nSPS) is 13.7. The molecular formula is C70H127NO8P+. The first-order valence-electron chi connectivity index (χ1n) is 33.3. The molecule has 0 fully saturated rings. The van der Waals surface area contributed by atoms with Crippen molar-refractivity contribution in [3.8, 4) is 0 Å². The minimum atomic E-state index is -4.40. The van der Waals surface area contributed by atoms with E-state index in [1.807, 2.05) is 21.1 Å². The molecule has 0 aromatic carbocycles. The fraction of sp³-hybridized carbons (Fsp3) is 0.771. The summed E-state index contributed by atoms with van der Waals surface area (Å²) in [6.07, 6.45) is 82.5. The zero-order valence-electron chi connectivity index (χ0n) is 52.8. The van der Waals surface area contributed by atoms with Crippen LogP contribution in [0.4, 0.5) is 0 Å². The van der Waals surface area contributed by atoms with Crippen molar-refractivity contribution in [2.24, 2.45) is 0 Å². The minimum absolute atomic E-state index is 0.0269. The predicted octanol–water partition coefficient (Wildman–Crippen LogP) is 21.4. The lowest BCUT2D eigenvalue weighted by Crippen LogP contribution is -2.37. The standard InChI is InChI=1S/C70H126NO8P/c1-6-8-10-12-14-16-18-20-22-24-26-28-30-31-32-33-34-35-36-37-38-39-41-42-44-46-48-50-52-54-56-58-60-62-69(72)76-66-68(67-78-80(74,75)77-65-64-71(3,4)5)79-70(73)63-61-59-57-55-53-51-49-47-45-43-40-29-27-25-23-21-19-17-15-13-11-9-7-2/h9,11,15,17-18,20-21,23-24,26-27,29,43,45,68H,6-8,10,12-14,16,19,22,25,28,30-42,44,46-67H2,1-5H3/p+1/b11-9-,17-15-,20-18-,23-21-,26-24-,29-27-,45-43-. The van der Waals surface area contributed by atoms with Crippen LogP contribution in [-0.4, -0.2) is 74.9 Å². The Morgan fingerprint density at radius 2 is 0.713 bits per heavy atom. The van der Waals surface area contributed by atoms with Crippen molar-refractivity contribution in [3.63, 3.8) is 0 Å². The molecule has 0 amide bonds. The van der Waals surface area contributed by atoms with Crippen LogP contribution < -0.4 is 0 Å². The van der Waals surface area contributed by atoms with Gasteiger partial charge in [-0.2, -0.15) is 0 Å². The third kappa shape index (κ3) is 64.4. The number of hydrogen-bond acceptors (Lipinski definition) is 7. The Balaban J connectivity index is 4.04. The van der Waals surface area contributed by atoms with Gasteiger partial charge in [0.05, 0.1) is 27.7 Å². The van der Waals surface area contributed by atoms with E-state index >= 15 is 0 Å². The van der Waals surface area contributed by atoms with Gasteiger partial charge in [-0.3, -0.25) is 18.6 Å². The number of ether oxygens (including phenoxy) is 2. The summed E-state index contributed by atoms with van der Waals surface area (Å²) in [5.74, 6) is -0.803. The van der Waals surface area contributed by atoms with Crippen molar-refractivity contribution in [1.29, 1.82) is 0 Å². The van der Waals surface area contributed by atoms with Crippen LogP contribution in [0.25, 0.3) is 0 Å². The van der Waals surface area contributed by atoms with Crippen LogP contribution in [0.2, 0.25) is 0 Å². The Hall–Kier alpha value is -2.81. The first-order valence-corrected chi connectivity index (χ1v) is 34.8. The van der Waals surface area contributed by atoms with Gasteiger partial charge in [0.15, 0.2) is 6.10 Å². The number of phosphoric acid groups is 1. The third-order valence-electron chi connectivity index (χ3n) is 14.4. The summed E-state index contributed by atoms with van der Waals surface area (Å²) in [6, 6.07) is 0. The Morgan fingerprint density at radius 3 is 1.06 bits per heavy atom. The number of phosphoric ester groups is 1. The quantitative estimate of drug-likeness (QED) is 0.0211. The second-order valence-corrected chi connectivity index (χ2v) is 24.9. The van der Waals surface area contributed by atoms with Crippen molar-refractivity contribution in [2.45, 2.75) is 302 Å². The first-order chi connectivity index (χ1) is 39.0. The minimum Gasteiger partial charge on any atom is -0.462 e. The van der Waals surface area contributed by atoms with E-state index in [0.29, 0.717) is 17.4 Å². The maximum Gasteiger partial charge on any atom is 0.472 e. The summed E-state index contributed by atoms with van der Waals surface area (Å²) in [4.78, 5) is 35.8. The van der Waals surface area contributed by atoms with E-state index in [-0.39, 0.29) is 32.0 Å². The molecule has 0 radical (unpaired) electrons. The molecule has 0 heterocycles. The van der Waals surface area contributed by atoms with Crippen LogP contribution in [0.3, 0.4) is 0 Å². The number of nitrogens with zero attached hydrogens (tertiary/aromatic N) is 1. The lowest BCUT2D eigenvalue weighted by atomic mass is 10.0. The van der Waals surface area contributed by atoms with E-state index in [9.17, 15) is 19.0 Å². The molecule has 1 N–H and O–H groups in total. The number of likely N-dealkylation sites (N-methyl/N-ethyl adjacent to an activating group) is 1. The highest BCUT2D eigenvalue weighted by Gasteiger charge is 2.27. The van der Waals surface area contributed by atoms with Gasteiger partial charge < -0.3 is 18.9 Å². The molecular weight excluding hydrogens is 1010 g/mol. The zero-order chi connectivity index (χ0) is 58.4. The zero-order valence-corrected chi connectivity index (χ0v) is 53.7. The summed E-state index contributed by atoms with van der Waals surface area (Å²) >= 11 is 0. The van der Waals surface area contributed by atoms with Crippen LogP contribution in [-0.2, 0) is 32.7 Å². The molecule has 0 aliphatic rings. The van der Waals surface area contributed by atoms with Crippen molar-refractivity contribution in [2.75, 3.05) is 47.5 Å². The Kier molecular flexibility index (Phi) is 58.6. The van der Waals surface area contributed by atoms with E-state index in [2.05, 4.69) is 98.9 Å². The summed E-state index contributed by atoms with van der Waals surface area (Å²) in [6.45, 7) is 4.32. The van der Waals surface area contributed by atoms with Crippen LogP contribution in [0.5, 0.6) is 0 Å². The summed E-state index contributed by atoms with van der Waals surface area (Å²) in [5, 5.41) is 0. The average molecular weight is 1140 g/mol. The molecule has 80 heavy (non-hydrogen) atoms. The van der Waals surface area contributed by atoms with Crippen molar-refractivity contribution in [1.82, 2.24) is 0 Å². The smallest absolute Gasteiger partial charge is 0.462 e. The molecule has 0 aromatic rings. The fourth-order valence-corrected chi connectivity index (χ4v) is 10.1. The van der Waals surface area contributed by atoms with Gasteiger partial charge in [0.25, 0.3) is 0 Å². The maximum absolute atomic E-state index is 12.8. The molecule has 0 saturated carbocycles. The molecule has 0 spiro atoms. The summed E-state index contributed by atoms with van der Waals surface area (Å²) < 4.78 is 34.7. The van der Waals surface area contributed by atoms with E-state index in [0.717, 1.165) is 83.5 Å². The topological polar surface area (TPSA) is 108 Å². The monoisotopic (exact) mass is 1140 g/mol. The molecule has 2 unspecified atom stereocenters. The van der Waals surface area contributed by atoms with Gasteiger partial charge in [-0.15, -0.1) is 0 Å². The Morgan fingerprint density at radius 1 is 0.400 bits per heavy atom. The van der Waals surface area contributed by atoms with Gasteiger partial charge in [0.1, 0.15) is 19.8 Å². The van der Waals surface area contributed by atoms with Crippen molar-refractivity contribution in [3.05, 3.63) is 85.1 Å². The number of quaternary nitrogens is 1. The second kappa shape index (κ2) is 60.8. The molecule has 464 valence electrons. The van der Waals surface area contributed by atoms with E-state index in [1.165, 1.54) is 180 Å². The molecule has 0 aromatic heterocycles. The summed E-state index contributed by atoms with van der Waals surface area (Å²) in [7, 11) is 1.47. The largest absolute Gasteiger partial charge is 0.472 e. The molecule has 0 aliphatic heterocycles. The highest BCUT2D eigenvalue weighted by atomic mass is 31.2. The van der Waals surface area contributed by atoms with Gasteiger partial charge >= 0.3 is 19.8 Å². The molecule has 9 nitrogen and oxygen atoms in total.